The molecule has 0 saturated carbocycles. The first-order valence-electron chi connectivity index (χ1n) is 5.64. The van der Waals surface area contributed by atoms with Crippen LogP contribution < -0.4 is 10.5 Å². The van der Waals surface area contributed by atoms with Crippen LogP contribution in [0.25, 0.3) is 11.1 Å². The minimum atomic E-state index is -0.445. The van der Waals surface area contributed by atoms with E-state index in [1.165, 1.54) is 13.2 Å². The minimum Gasteiger partial charge on any atom is -0.497 e. The predicted molar refractivity (Wildman–Crippen MR) is 72.0 cm³/mol. The number of pyridine rings is 1. The number of carbonyl (C=O) groups excluding carboxylic acids is 1. The highest BCUT2D eigenvalue weighted by atomic mass is 16.5. The lowest BCUT2D eigenvalue weighted by Gasteiger charge is -2.09. The number of anilines is 1. The molecule has 0 amide bonds. The van der Waals surface area contributed by atoms with Crippen molar-refractivity contribution in [1.82, 2.24) is 4.98 Å². The van der Waals surface area contributed by atoms with Crippen LogP contribution in [-0.2, 0) is 4.74 Å². The molecule has 0 bridgehead atoms. The average molecular weight is 258 g/mol. The van der Waals surface area contributed by atoms with Gasteiger partial charge >= 0.3 is 5.97 Å². The smallest absolute Gasteiger partial charge is 0.338 e. The lowest BCUT2D eigenvalue weighted by Crippen LogP contribution is -2.05. The van der Waals surface area contributed by atoms with Gasteiger partial charge in [0.1, 0.15) is 11.6 Å². The Bertz CT molecular complexity index is 594. The molecular formula is C14H14N2O3. The van der Waals surface area contributed by atoms with Crippen molar-refractivity contribution >= 4 is 11.8 Å². The monoisotopic (exact) mass is 258 g/mol. The molecule has 2 rings (SSSR count). The Labute approximate surface area is 111 Å². The molecule has 0 aliphatic rings. The lowest BCUT2D eigenvalue weighted by molar-refractivity contribution is 0.0601. The van der Waals surface area contributed by atoms with E-state index < -0.39 is 5.97 Å². The fourth-order valence-corrected chi connectivity index (χ4v) is 1.75. The number of hydrogen-bond donors (Lipinski definition) is 1. The van der Waals surface area contributed by atoms with Crippen LogP contribution in [0.1, 0.15) is 10.4 Å². The van der Waals surface area contributed by atoms with Crippen LogP contribution in [0.5, 0.6) is 5.75 Å². The molecule has 0 saturated heterocycles. The van der Waals surface area contributed by atoms with Crippen LogP contribution >= 0.6 is 0 Å². The first kappa shape index (κ1) is 12.9. The van der Waals surface area contributed by atoms with E-state index in [0.717, 1.165) is 11.3 Å². The lowest BCUT2D eigenvalue weighted by atomic mass is 10.0. The Hall–Kier alpha value is -2.56. The summed E-state index contributed by atoms with van der Waals surface area (Å²) in [6, 6.07) is 8.82. The van der Waals surface area contributed by atoms with E-state index >= 15 is 0 Å². The highest BCUT2D eigenvalue weighted by Gasteiger charge is 2.14. The SMILES string of the molecule is COC(=O)c1cc(N)ncc1-c1ccc(OC)cc1. The highest BCUT2D eigenvalue weighted by Crippen LogP contribution is 2.26. The number of benzene rings is 1. The van der Waals surface area contributed by atoms with Crippen LogP contribution in [0, 0.1) is 0 Å². The van der Waals surface area contributed by atoms with Crippen LogP contribution in [0.4, 0.5) is 5.82 Å². The number of nitrogens with two attached hydrogens (primary N) is 1. The van der Waals surface area contributed by atoms with Crippen LogP contribution in [0.3, 0.4) is 0 Å². The summed E-state index contributed by atoms with van der Waals surface area (Å²) in [5, 5.41) is 0. The molecule has 5 nitrogen and oxygen atoms in total. The molecule has 0 atom stereocenters. The van der Waals surface area contributed by atoms with E-state index in [1.54, 1.807) is 13.3 Å². The molecule has 19 heavy (non-hydrogen) atoms. The second-order valence-corrected chi connectivity index (χ2v) is 3.87. The molecule has 5 heteroatoms. The topological polar surface area (TPSA) is 74.4 Å². The molecule has 98 valence electrons. The Morgan fingerprint density at radius 2 is 1.89 bits per heavy atom. The molecule has 1 aromatic carbocycles. The zero-order valence-corrected chi connectivity index (χ0v) is 10.7. The highest BCUT2D eigenvalue weighted by molar-refractivity contribution is 5.97. The molecular weight excluding hydrogens is 244 g/mol. The maximum atomic E-state index is 11.8. The Morgan fingerprint density at radius 3 is 2.47 bits per heavy atom. The number of nitrogen functional groups attached to an aromatic ring is 1. The molecule has 2 N–H and O–H groups in total. The van der Waals surface area contributed by atoms with Crippen molar-refractivity contribution in [1.29, 1.82) is 0 Å². The van der Waals surface area contributed by atoms with Gasteiger partial charge in [0.2, 0.25) is 0 Å². The summed E-state index contributed by atoms with van der Waals surface area (Å²) in [6.45, 7) is 0. The fourth-order valence-electron chi connectivity index (χ4n) is 1.75. The van der Waals surface area contributed by atoms with Crippen LogP contribution in [-0.4, -0.2) is 25.2 Å². The van der Waals surface area contributed by atoms with Gasteiger partial charge in [0.05, 0.1) is 19.8 Å². The summed E-state index contributed by atoms with van der Waals surface area (Å²) < 4.78 is 9.85. The molecule has 0 fully saturated rings. The summed E-state index contributed by atoms with van der Waals surface area (Å²) in [5.74, 6) is 0.573. The summed E-state index contributed by atoms with van der Waals surface area (Å²) in [4.78, 5) is 15.8. The van der Waals surface area contributed by atoms with E-state index in [0.29, 0.717) is 11.1 Å². The number of carbonyl (C=O) groups is 1. The van der Waals surface area contributed by atoms with Gasteiger partial charge < -0.3 is 15.2 Å². The third-order valence-electron chi connectivity index (χ3n) is 2.73. The van der Waals surface area contributed by atoms with Crippen LogP contribution in [0.2, 0.25) is 0 Å². The summed E-state index contributed by atoms with van der Waals surface area (Å²) in [6.07, 6.45) is 1.56. The molecule has 0 radical (unpaired) electrons. The predicted octanol–water partition coefficient (Wildman–Crippen LogP) is 2.13. The quantitative estimate of drug-likeness (QED) is 0.853. The zero-order chi connectivity index (χ0) is 13.8. The van der Waals surface area contributed by atoms with Crippen molar-refractivity contribution < 1.29 is 14.3 Å². The molecule has 1 heterocycles. The van der Waals surface area contributed by atoms with Crippen molar-refractivity contribution in [2.24, 2.45) is 0 Å². The second kappa shape index (κ2) is 5.39. The van der Waals surface area contributed by atoms with Gasteiger partial charge in [-0.05, 0) is 23.8 Å². The third kappa shape index (κ3) is 2.65. The molecule has 0 spiro atoms. The van der Waals surface area contributed by atoms with Gasteiger partial charge in [-0.25, -0.2) is 9.78 Å². The molecule has 0 unspecified atom stereocenters. The van der Waals surface area contributed by atoms with Gasteiger partial charge in [-0.2, -0.15) is 0 Å². The average Bonchev–Trinajstić information content (AvgIpc) is 2.46. The zero-order valence-electron chi connectivity index (χ0n) is 10.7. The van der Waals surface area contributed by atoms with Crippen LogP contribution in [0.15, 0.2) is 36.5 Å². The maximum Gasteiger partial charge on any atom is 0.338 e. The van der Waals surface area contributed by atoms with Crippen molar-refractivity contribution in [2.45, 2.75) is 0 Å². The second-order valence-electron chi connectivity index (χ2n) is 3.87. The van der Waals surface area contributed by atoms with Gasteiger partial charge in [0.25, 0.3) is 0 Å². The summed E-state index contributed by atoms with van der Waals surface area (Å²) in [5.41, 5.74) is 7.51. The normalized spacial score (nSPS) is 10.0. The molecule has 0 aliphatic carbocycles. The Kier molecular flexibility index (Phi) is 3.66. The number of nitrogens with zero attached hydrogens (tertiary/aromatic N) is 1. The van der Waals surface area contributed by atoms with Gasteiger partial charge in [0, 0.05) is 11.8 Å². The van der Waals surface area contributed by atoms with Crippen molar-refractivity contribution in [3.8, 4) is 16.9 Å². The first-order valence-corrected chi connectivity index (χ1v) is 5.64. The van der Waals surface area contributed by atoms with E-state index in [-0.39, 0.29) is 5.82 Å². The minimum absolute atomic E-state index is 0.276. The molecule has 2 aromatic rings. The van der Waals surface area contributed by atoms with E-state index in [9.17, 15) is 4.79 Å². The van der Waals surface area contributed by atoms with E-state index in [4.69, 9.17) is 15.2 Å². The van der Waals surface area contributed by atoms with Crippen molar-refractivity contribution in [3.63, 3.8) is 0 Å². The summed E-state index contributed by atoms with van der Waals surface area (Å²) in [7, 11) is 2.93. The number of ether oxygens (including phenoxy) is 2. The van der Waals surface area contributed by atoms with Gasteiger partial charge in [-0.3, -0.25) is 0 Å². The number of aromatic nitrogens is 1. The van der Waals surface area contributed by atoms with Gasteiger partial charge in [-0.1, -0.05) is 12.1 Å². The van der Waals surface area contributed by atoms with Gasteiger partial charge in [-0.15, -0.1) is 0 Å². The number of rotatable bonds is 3. The number of methoxy groups -OCH3 is 2. The van der Waals surface area contributed by atoms with E-state index in [1.807, 2.05) is 24.3 Å². The Balaban J connectivity index is 2.51. The molecule has 0 aliphatic heterocycles. The Morgan fingerprint density at radius 1 is 1.21 bits per heavy atom. The first-order chi connectivity index (χ1) is 9.15. The maximum absolute atomic E-state index is 11.8. The standard InChI is InChI=1S/C14H14N2O3/c1-18-10-5-3-9(4-6-10)12-8-16-13(15)7-11(12)14(17)19-2/h3-8H,1-2H3,(H2,15,16). The van der Waals surface area contributed by atoms with E-state index in [2.05, 4.69) is 4.98 Å². The molecule has 1 aromatic heterocycles. The largest absolute Gasteiger partial charge is 0.497 e. The third-order valence-corrected chi connectivity index (χ3v) is 2.73. The van der Waals surface area contributed by atoms with Crippen molar-refractivity contribution in [2.75, 3.05) is 20.0 Å². The van der Waals surface area contributed by atoms with Gasteiger partial charge in [0.15, 0.2) is 0 Å². The van der Waals surface area contributed by atoms with Crippen molar-refractivity contribution in [3.05, 3.63) is 42.1 Å². The number of hydrogen-bond acceptors (Lipinski definition) is 5. The number of esters is 1. The summed E-state index contributed by atoms with van der Waals surface area (Å²) >= 11 is 0. The fraction of sp³-hybridized carbons (Fsp3) is 0.143.